The van der Waals surface area contributed by atoms with Gasteiger partial charge in [-0.05, 0) is 11.5 Å². The predicted molar refractivity (Wildman–Crippen MR) is 52.2 cm³/mol. The van der Waals surface area contributed by atoms with Crippen LogP contribution in [0.2, 0.25) is 0 Å². The van der Waals surface area contributed by atoms with Crippen molar-refractivity contribution in [3.8, 4) is 0 Å². The van der Waals surface area contributed by atoms with Gasteiger partial charge in [-0.1, -0.05) is 4.49 Å². The molecule has 1 aliphatic heterocycles. The average molecular weight is 215 g/mol. The molecule has 6 heteroatoms. The lowest BCUT2D eigenvalue weighted by atomic mass is 10.3. The van der Waals surface area contributed by atoms with E-state index >= 15 is 0 Å². The Morgan fingerprint density at radius 2 is 2.21 bits per heavy atom. The van der Waals surface area contributed by atoms with Crippen molar-refractivity contribution in [3.05, 3.63) is 11.1 Å². The fraction of sp³-hybridized carbons (Fsp3) is 0.750. The van der Waals surface area contributed by atoms with E-state index in [1.165, 1.54) is 11.5 Å². The second-order valence-electron chi connectivity index (χ2n) is 3.12. The zero-order valence-electron chi connectivity index (χ0n) is 7.81. The molecule has 0 spiro atoms. The molecule has 1 saturated heterocycles. The molecule has 1 aromatic rings. The first kappa shape index (κ1) is 9.97. The van der Waals surface area contributed by atoms with Gasteiger partial charge in [-0.3, -0.25) is 0 Å². The Morgan fingerprint density at radius 3 is 2.86 bits per heavy atom. The van der Waals surface area contributed by atoms with E-state index in [1.807, 2.05) is 5.38 Å². The second kappa shape index (κ2) is 5.35. The summed E-state index contributed by atoms with van der Waals surface area (Å²) >= 11 is 1.37. The third-order valence-electron chi connectivity index (χ3n) is 1.99. The number of nitrogens with one attached hydrogen (secondary N) is 1. The minimum absolute atomic E-state index is 0.263. The first-order valence-corrected chi connectivity index (χ1v) is 5.43. The molecule has 0 radical (unpaired) electrons. The number of hydrogen-bond acceptors (Lipinski definition) is 6. The van der Waals surface area contributed by atoms with Crippen molar-refractivity contribution in [3.63, 3.8) is 0 Å². The molecule has 2 heterocycles. The number of aromatic nitrogens is 2. The van der Waals surface area contributed by atoms with Crippen LogP contribution in [0.3, 0.4) is 0 Å². The average Bonchev–Trinajstić information content (AvgIpc) is 2.58. The Morgan fingerprint density at radius 1 is 1.43 bits per heavy atom. The van der Waals surface area contributed by atoms with Crippen molar-refractivity contribution in [2.45, 2.75) is 12.6 Å². The van der Waals surface area contributed by atoms with E-state index in [1.54, 1.807) is 0 Å². The van der Waals surface area contributed by atoms with Crippen LogP contribution in [-0.2, 0) is 16.0 Å². The normalized spacial score (nSPS) is 19.4. The third kappa shape index (κ3) is 2.98. The molecule has 0 bridgehead atoms. The SMILES string of the molecule is c1snnc1CNC1COCCOC1. The van der Waals surface area contributed by atoms with E-state index in [0.717, 1.165) is 12.2 Å². The largest absolute Gasteiger partial charge is 0.377 e. The molecule has 0 aromatic carbocycles. The minimum Gasteiger partial charge on any atom is -0.377 e. The van der Waals surface area contributed by atoms with E-state index in [0.29, 0.717) is 26.4 Å². The quantitative estimate of drug-likeness (QED) is 0.771. The van der Waals surface area contributed by atoms with Crippen molar-refractivity contribution >= 4 is 11.5 Å². The number of ether oxygens (including phenoxy) is 2. The Hall–Kier alpha value is -0.560. The minimum atomic E-state index is 0.263. The highest BCUT2D eigenvalue weighted by Crippen LogP contribution is 1.99. The van der Waals surface area contributed by atoms with Gasteiger partial charge in [-0.2, -0.15) is 0 Å². The van der Waals surface area contributed by atoms with Gasteiger partial charge in [0, 0.05) is 11.9 Å². The van der Waals surface area contributed by atoms with Crippen LogP contribution in [0, 0.1) is 0 Å². The Balaban J connectivity index is 1.73. The molecule has 1 aromatic heterocycles. The van der Waals surface area contributed by atoms with Crippen LogP contribution in [0.4, 0.5) is 0 Å². The van der Waals surface area contributed by atoms with Gasteiger partial charge >= 0.3 is 0 Å². The van der Waals surface area contributed by atoms with Crippen molar-refractivity contribution in [1.29, 1.82) is 0 Å². The highest BCUT2D eigenvalue weighted by atomic mass is 32.1. The first-order valence-electron chi connectivity index (χ1n) is 4.60. The number of rotatable bonds is 3. The maximum absolute atomic E-state index is 5.36. The van der Waals surface area contributed by atoms with Gasteiger partial charge in [-0.25, -0.2) is 0 Å². The van der Waals surface area contributed by atoms with E-state index in [9.17, 15) is 0 Å². The highest BCUT2D eigenvalue weighted by Gasteiger charge is 2.12. The van der Waals surface area contributed by atoms with Gasteiger partial charge in [0.25, 0.3) is 0 Å². The van der Waals surface area contributed by atoms with Crippen molar-refractivity contribution in [1.82, 2.24) is 14.9 Å². The predicted octanol–water partition coefficient (Wildman–Crippen LogP) is 0.0431. The molecule has 0 unspecified atom stereocenters. The number of nitrogens with zero attached hydrogens (tertiary/aromatic N) is 2. The fourth-order valence-electron chi connectivity index (χ4n) is 1.24. The van der Waals surface area contributed by atoms with Crippen molar-refractivity contribution < 1.29 is 9.47 Å². The number of hydrogen-bond donors (Lipinski definition) is 1. The molecule has 1 N–H and O–H groups in total. The summed E-state index contributed by atoms with van der Waals surface area (Å²) in [6, 6.07) is 0.263. The van der Waals surface area contributed by atoms with E-state index in [4.69, 9.17) is 9.47 Å². The molecule has 1 fully saturated rings. The lowest BCUT2D eigenvalue weighted by Crippen LogP contribution is -2.35. The summed E-state index contributed by atoms with van der Waals surface area (Å²) in [7, 11) is 0. The van der Waals surface area contributed by atoms with Gasteiger partial charge in [0.15, 0.2) is 0 Å². The second-order valence-corrected chi connectivity index (χ2v) is 3.73. The maximum Gasteiger partial charge on any atom is 0.0893 e. The Labute approximate surface area is 86.6 Å². The topological polar surface area (TPSA) is 56.3 Å². The summed E-state index contributed by atoms with van der Waals surface area (Å²) in [5, 5.41) is 9.20. The van der Waals surface area contributed by atoms with Crippen LogP contribution in [0.5, 0.6) is 0 Å². The van der Waals surface area contributed by atoms with E-state index in [-0.39, 0.29) is 6.04 Å². The molecule has 0 atom stereocenters. The van der Waals surface area contributed by atoms with Gasteiger partial charge in [0.1, 0.15) is 0 Å². The smallest absolute Gasteiger partial charge is 0.0893 e. The van der Waals surface area contributed by atoms with Gasteiger partial charge in [0.2, 0.25) is 0 Å². The zero-order chi connectivity index (χ0) is 9.64. The summed E-state index contributed by atoms with van der Waals surface area (Å²) in [4.78, 5) is 0. The highest BCUT2D eigenvalue weighted by molar-refractivity contribution is 7.03. The molecule has 0 amide bonds. The summed E-state index contributed by atoms with van der Waals surface area (Å²) in [5.41, 5.74) is 0.972. The van der Waals surface area contributed by atoms with E-state index in [2.05, 4.69) is 14.9 Å². The lowest BCUT2D eigenvalue weighted by molar-refractivity contribution is 0.103. The Bertz CT molecular complexity index is 247. The van der Waals surface area contributed by atoms with Crippen LogP contribution in [0.25, 0.3) is 0 Å². The Kier molecular flexibility index (Phi) is 3.81. The standard InChI is InChI=1S/C8H13N3O2S/c1-2-13-5-8(4-12-1)9-3-7-6-14-11-10-7/h6,8-9H,1-5H2. The molecular weight excluding hydrogens is 202 g/mol. The first-order chi connectivity index (χ1) is 6.95. The molecular formula is C8H13N3O2S. The van der Waals surface area contributed by atoms with Gasteiger partial charge in [-0.15, -0.1) is 5.10 Å². The summed E-state index contributed by atoms with van der Waals surface area (Å²) in [5.74, 6) is 0. The van der Waals surface area contributed by atoms with Gasteiger partial charge in [0.05, 0.1) is 38.2 Å². The van der Waals surface area contributed by atoms with Gasteiger partial charge < -0.3 is 14.8 Å². The van der Waals surface area contributed by atoms with Crippen LogP contribution < -0.4 is 5.32 Å². The lowest BCUT2D eigenvalue weighted by Gasteiger charge is -2.13. The van der Waals surface area contributed by atoms with Crippen LogP contribution in [0.1, 0.15) is 5.69 Å². The molecule has 2 rings (SSSR count). The fourth-order valence-corrected chi connectivity index (χ4v) is 1.70. The van der Waals surface area contributed by atoms with E-state index < -0.39 is 0 Å². The molecule has 14 heavy (non-hydrogen) atoms. The monoisotopic (exact) mass is 215 g/mol. The summed E-state index contributed by atoms with van der Waals surface area (Å²) in [6.07, 6.45) is 0. The molecule has 78 valence electrons. The van der Waals surface area contributed by atoms with Crippen LogP contribution >= 0.6 is 11.5 Å². The van der Waals surface area contributed by atoms with Crippen LogP contribution in [0.15, 0.2) is 5.38 Å². The summed E-state index contributed by atoms with van der Waals surface area (Å²) < 4.78 is 14.5. The summed E-state index contributed by atoms with van der Waals surface area (Å²) in [6.45, 7) is 3.52. The molecule has 1 aliphatic rings. The third-order valence-corrected chi connectivity index (χ3v) is 2.54. The zero-order valence-corrected chi connectivity index (χ0v) is 8.63. The molecule has 5 nitrogen and oxygen atoms in total. The molecule has 0 aliphatic carbocycles. The maximum atomic E-state index is 5.36. The molecule has 0 saturated carbocycles. The van der Waals surface area contributed by atoms with Crippen LogP contribution in [-0.4, -0.2) is 42.1 Å². The van der Waals surface area contributed by atoms with Crippen molar-refractivity contribution in [2.24, 2.45) is 0 Å². The van der Waals surface area contributed by atoms with Crippen molar-refractivity contribution in [2.75, 3.05) is 26.4 Å².